The smallest absolute Gasteiger partial charge is 0.407 e. The Hall–Kier alpha value is -2.69. The van der Waals surface area contributed by atoms with Gasteiger partial charge in [0.15, 0.2) is 0 Å². The monoisotopic (exact) mass is 414 g/mol. The Morgan fingerprint density at radius 3 is 2.45 bits per heavy atom. The van der Waals surface area contributed by atoms with Gasteiger partial charge in [-0.1, -0.05) is 0 Å². The number of unbranched alkanes of at least 4 members (excludes halogenated alkanes) is 1. The van der Waals surface area contributed by atoms with Gasteiger partial charge in [0.1, 0.15) is 5.60 Å². The molecule has 0 aromatic rings. The van der Waals surface area contributed by atoms with Gasteiger partial charge in [0.2, 0.25) is 5.91 Å². The molecule has 11 nitrogen and oxygen atoms in total. The Morgan fingerprint density at radius 2 is 1.86 bits per heavy atom. The first kappa shape index (κ1) is 26.3. The predicted molar refractivity (Wildman–Crippen MR) is 111 cm³/mol. The van der Waals surface area contributed by atoms with E-state index in [9.17, 15) is 19.7 Å². The number of amidine groups is 1. The van der Waals surface area contributed by atoms with Crippen molar-refractivity contribution in [3.8, 4) is 0 Å². The van der Waals surface area contributed by atoms with Crippen LogP contribution in [0.1, 0.15) is 53.9 Å². The average molecular weight is 415 g/mol. The van der Waals surface area contributed by atoms with Crippen LogP contribution in [0, 0.1) is 10.1 Å². The highest BCUT2D eigenvalue weighted by Crippen LogP contribution is 2.06. The van der Waals surface area contributed by atoms with Gasteiger partial charge in [0, 0.05) is 20.0 Å². The third-order valence-corrected chi connectivity index (χ3v) is 3.48. The molecule has 29 heavy (non-hydrogen) atoms. The minimum absolute atomic E-state index is 0.0277. The number of nitrogens with one attached hydrogen (secondary N) is 3. The molecule has 0 radical (unpaired) electrons. The summed E-state index contributed by atoms with van der Waals surface area (Å²) in [6, 6.07) is -0.634. The van der Waals surface area contributed by atoms with Crippen LogP contribution in [-0.4, -0.2) is 54.0 Å². The van der Waals surface area contributed by atoms with E-state index in [2.05, 4.69) is 20.9 Å². The summed E-state index contributed by atoms with van der Waals surface area (Å²) in [6.07, 6.45) is 2.66. The summed E-state index contributed by atoms with van der Waals surface area (Å²) in [6.45, 7) is 9.50. The Kier molecular flexibility index (Phi) is 12.2. The third kappa shape index (κ3) is 15.0. The van der Waals surface area contributed by atoms with Crippen molar-refractivity contribution in [2.45, 2.75) is 65.5 Å². The fraction of sp³-hybridized carbons (Fsp3) is 0.722. The van der Waals surface area contributed by atoms with E-state index >= 15 is 0 Å². The molecule has 0 aliphatic heterocycles. The van der Waals surface area contributed by atoms with Crippen LogP contribution < -0.4 is 21.7 Å². The number of hydrogen-bond donors (Lipinski definition) is 4. The van der Waals surface area contributed by atoms with Gasteiger partial charge in [-0.15, -0.1) is 0 Å². The van der Waals surface area contributed by atoms with Crippen molar-refractivity contribution in [2.24, 2.45) is 10.7 Å². The Balaban J connectivity index is 3.92. The number of alkyl carbamates (subject to hydrolysis) is 1. The average Bonchev–Trinajstić information content (AvgIpc) is 2.60. The number of amides is 2. The number of nitro groups is 1. The second-order valence-corrected chi connectivity index (χ2v) is 7.48. The summed E-state index contributed by atoms with van der Waals surface area (Å²) in [5.74, 6) is 0.234. The third-order valence-electron chi connectivity index (χ3n) is 3.48. The maximum atomic E-state index is 11.9. The van der Waals surface area contributed by atoms with Crippen LogP contribution in [-0.2, 0) is 9.53 Å². The lowest BCUT2D eigenvalue weighted by molar-refractivity contribution is -0.424. The highest BCUT2D eigenvalue weighted by Gasteiger charge is 2.16. The summed E-state index contributed by atoms with van der Waals surface area (Å²) < 4.78 is 5.13. The lowest BCUT2D eigenvalue weighted by Crippen LogP contribution is -2.41. The number of aliphatic imine (C=N–C) groups is 1. The number of carbonyl (C=O) groups is 2. The van der Waals surface area contributed by atoms with E-state index < -0.39 is 22.7 Å². The Labute approximate surface area is 171 Å². The van der Waals surface area contributed by atoms with E-state index in [1.54, 1.807) is 27.7 Å². The molecule has 0 rings (SSSR count). The number of allylic oxidation sites excluding steroid dienone is 1. The van der Waals surface area contributed by atoms with Gasteiger partial charge >= 0.3 is 6.09 Å². The van der Waals surface area contributed by atoms with Crippen LogP contribution in [0.15, 0.2) is 16.9 Å². The van der Waals surface area contributed by atoms with E-state index in [-0.39, 0.29) is 11.6 Å². The van der Waals surface area contributed by atoms with Crippen LogP contribution in [0.25, 0.3) is 0 Å². The van der Waals surface area contributed by atoms with Gasteiger partial charge in [-0.05, 0) is 47.0 Å². The molecule has 166 valence electrons. The van der Waals surface area contributed by atoms with Crippen LogP contribution in [0.4, 0.5) is 4.79 Å². The van der Waals surface area contributed by atoms with E-state index in [0.29, 0.717) is 44.7 Å². The lowest BCUT2D eigenvalue weighted by atomic mass is 10.1. The summed E-state index contributed by atoms with van der Waals surface area (Å²) >= 11 is 0. The molecule has 0 heterocycles. The van der Waals surface area contributed by atoms with Gasteiger partial charge in [-0.25, -0.2) is 4.79 Å². The Morgan fingerprint density at radius 1 is 1.21 bits per heavy atom. The van der Waals surface area contributed by atoms with Gasteiger partial charge in [0.25, 0.3) is 5.70 Å². The Bertz CT molecular complexity index is 612. The quantitative estimate of drug-likeness (QED) is 0.130. The second kappa shape index (κ2) is 13.5. The fourth-order valence-electron chi connectivity index (χ4n) is 1.97. The molecule has 0 spiro atoms. The number of nitrogens with zero attached hydrogens (tertiary/aromatic N) is 2. The predicted octanol–water partition coefficient (Wildman–Crippen LogP) is 1.27. The molecule has 1 atom stereocenters. The van der Waals surface area contributed by atoms with Crippen molar-refractivity contribution in [3.05, 3.63) is 22.0 Å². The maximum absolute atomic E-state index is 11.9. The van der Waals surface area contributed by atoms with E-state index in [4.69, 9.17) is 10.5 Å². The summed E-state index contributed by atoms with van der Waals surface area (Å²) in [7, 11) is 0. The molecule has 0 saturated carbocycles. The normalized spacial score (nSPS) is 13.4. The van der Waals surface area contributed by atoms with E-state index in [1.807, 2.05) is 0 Å². The molecule has 0 bridgehead atoms. The molecular formula is C18H34N6O5. The standard InChI is InChI=1S/C18H34N6O5/c1-13(24(27)28)12-23-14(2)20-10-11-21-16(25)15(19)8-6-7-9-22-17(26)29-18(3,4)5/h12,15H,6-11,19H2,1-5H3,(H,20,23)(H,21,25)(H,22,26)/b13-12+. The van der Waals surface area contributed by atoms with Gasteiger partial charge in [0.05, 0.1) is 29.5 Å². The highest BCUT2D eigenvalue weighted by atomic mass is 16.6. The van der Waals surface area contributed by atoms with Crippen molar-refractivity contribution >= 4 is 17.8 Å². The molecule has 0 aromatic heterocycles. The molecule has 11 heteroatoms. The zero-order chi connectivity index (χ0) is 22.4. The van der Waals surface area contributed by atoms with Gasteiger partial charge < -0.3 is 26.4 Å². The minimum Gasteiger partial charge on any atom is -0.444 e. The topological polar surface area (TPSA) is 161 Å². The van der Waals surface area contributed by atoms with Crippen LogP contribution in [0.5, 0.6) is 0 Å². The molecule has 0 fully saturated rings. The number of hydrogen-bond acceptors (Lipinski definition) is 7. The lowest BCUT2D eigenvalue weighted by Gasteiger charge is -2.19. The van der Waals surface area contributed by atoms with Crippen molar-refractivity contribution in [3.63, 3.8) is 0 Å². The van der Waals surface area contributed by atoms with Gasteiger partial charge in [-0.3, -0.25) is 19.9 Å². The van der Waals surface area contributed by atoms with Gasteiger partial charge in [-0.2, -0.15) is 0 Å². The minimum atomic E-state index is -0.634. The zero-order valence-corrected chi connectivity index (χ0v) is 17.9. The van der Waals surface area contributed by atoms with Crippen molar-refractivity contribution in [1.82, 2.24) is 16.0 Å². The van der Waals surface area contributed by atoms with Crippen molar-refractivity contribution in [2.75, 3.05) is 19.6 Å². The number of ether oxygens (including phenoxy) is 1. The second-order valence-electron chi connectivity index (χ2n) is 7.48. The summed E-state index contributed by atoms with van der Waals surface area (Å²) in [5.41, 5.74) is 5.29. The zero-order valence-electron chi connectivity index (χ0n) is 17.9. The van der Waals surface area contributed by atoms with E-state index in [0.717, 1.165) is 0 Å². The fourth-order valence-corrected chi connectivity index (χ4v) is 1.97. The molecule has 0 aromatic carbocycles. The molecule has 1 unspecified atom stereocenters. The molecule has 0 aliphatic carbocycles. The summed E-state index contributed by atoms with van der Waals surface area (Å²) in [4.78, 5) is 37.5. The largest absolute Gasteiger partial charge is 0.444 e. The highest BCUT2D eigenvalue weighted by molar-refractivity contribution is 5.82. The molecule has 0 aliphatic rings. The molecule has 0 saturated heterocycles. The maximum Gasteiger partial charge on any atom is 0.407 e. The van der Waals surface area contributed by atoms with Crippen LogP contribution in [0.2, 0.25) is 0 Å². The van der Waals surface area contributed by atoms with E-state index in [1.165, 1.54) is 13.1 Å². The van der Waals surface area contributed by atoms with Crippen LogP contribution in [0.3, 0.4) is 0 Å². The first-order valence-corrected chi connectivity index (χ1v) is 9.51. The van der Waals surface area contributed by atoms with Crippen LogP contribution >= 0.6 is 0 Å². The van der Waals surface area contributed by atoms with Crippen molar-refractivity contribution < 1.29 is 19.2 Å². The van der Waals surface area contributed by atoms with Crippen molar-refractivity contribution in [1.29, 1.82) is 0 Å². The molecular weight excluding hydrogens is 380 g/mol. The first-order valence-electron chi connectivity index (χ1n) is 9.51. The first-order chi connectivity index (χ1) is 13.4. The SMILES string of the molecule is CC(=NCCNC(=O)C(N)CCCCNC(=O)OC(C)(C)C)N/C=C(\C)[N+](=O)[O-]. The number of carbonyl (C=O) groups excluding carboxylic acids is 2. The number of rotatable bonds is 11. The molecule has 2 amide bonds. The number of nitrogens with two attached hydrogens (primary N) is 1. The summed E-state index contributed by atoms with van der Waals surface area (Å²) in [5, 5.41) is 18.5. The molecule has 5 N–H and O–H groups in total.